The molecule has 32 heavy (non-hydrogen) atoms. The molecule has 0 radical (unpaired) electrons. The fraction of sp³-hybridized carbons (Fsp3) is 0.455. The average Bonchev–Trinajstić information content (AvgIpc) is 3.14. The van der Waals surface area contributed by atoms with E-state index < -0.39 is 11.2 Å². The molecule has 1 atom stereocenters. The number of likely N-dealkylation sites (tertiary alicyclic amines) is 1. The van der Waals surface area contributed by atoms with Crippen LogP contribution in [-0.4, -0.2) is 47.8 Å². The van der Waals surface area contributed by atoms with Crippen LogP contribution in [0.25, 0.3) is 11.2 Å². The number of benzene rings is 1. The zero-order valence-electron chi connectivity index (χ0n) is 18.4. The minimum Gasteiger partial charge on any atom is -0.339 e. The van der Waals surface area contributed by atoms with Crippen molar-refractivity contribution in [2.24, 2.45) is 14.1 Å². The van der Waals surface area contributed by atoms with Gasteiger partial charge < -0.3 is 9.47 Å². The minimum absolute atomic E-state index is 0.0640. The summed E-state index contributed by atoms with van der Waals surface area (Å²) in [6, 6.07) is 7.58. The van der Waals surface area contributed by atoms with Crippen molar-refractivity contribution in [3.63, 3.8) is 0 Å². The second-order valence-corrected chi connectivity index (χ2v) is 9.58. The molecule has 8 nitrogen and oxygen atoms in total. The number of aryl methyl sites for hydroxylation is 1. The van der Waals surface area contributed by atoms with Gasteiger partial charge >= 0.3 is 5.69 Å². The summed E-state index contributed by atoms with van der Waals surface area (Å²) in [5, 5.41) is 1.16. The number of carbonyl (C=O) groups is 1. The Hall–Kier alpha value is -2.52. The number of amides is 1. The van der Waals surface area contributed by atoms with Crippen LogP contribution in [0.2, 0.25) is 5.02 Å². The van der Waals surface area contributed by atoms with E-state index in [-0.39, 0.29) is 17.7 Å². The van der Waals surface area contributed by atoms with Crippen molar-refractivity contribution >= 4 is 40.4 Å². The molecule has 0 saturated carbocycles. The van der Waals surface area contributed by atoms with Crippen LogP contribution in [0, 0.1) is 0 Å². The van der Waals surface area contributed by atoms with E-state index in [1.54, 1.807) is 23.7 Å². The Morgan fingerprint density at radius 1 is 1.16 bits per heavy atom. The normalized spacial score (nSPS) is 16.6. The Kier molecular flexibility index (Phi) is 6.48. The minimum atomic E-state index is -0.437. The number of fused-ring (bicyclic) bond motifs is 1. The number of halogens is 1. The molecule has 3 heterocycles. The van der Waals surface area contributed by atoms with Crippen LogP contribution >= 0.6 is 23.4 Å². The van der Waals surface area contributed by atoms with Crippen LogP contribution in [0.1, 0.15) is 31.7 Å². The summed E-state index contributed by atoms with van der Waals surface area (Å²) in [5.41, 5.74) is 0.738. The third-order valence-electron chi connectivity index (χ3n) is 6.01. The zero-order chi connectivity index (χ0) is 23.0. The lowest BCUT2D eigenvalue weighted by atomic mass is 10.0. The highest BCUT2D eigenvalue weighted by Crippen LogP contribution is 2.25. The maximum Gasteiger partial charge on any atom is 0.332 e. The number of nitrogens with zero attached hydrogens (tertiary/aromatic N) is 5. The lowest BCUT2D eigenvalue weighted by Gasteiger charge is -2.33. The first-order chi connectivity index (χ1) is 15.3. The summed E-state index contributed by atoms with van der Waals surface area (Å²) in [4.78, 5) is 44.8. The van der Waals surface area contributed by atoms with Crippen LogP contribution in [0.3, 0.4) is 0 Å². The summed E-state index contributed by atoms with van der Waals surface area (Å²) < 4.78 is 4.24. The highest BCUT2D eigenvalue weighted by atomic mass is 35.5. The molecule has 1 aromatic carbocycles. The molecule has 10 heteroatoms. The van der Waals surface area contributed by atoms with Gasteiger partial charge in [0.05, 0.1) is 12.3 Å². The first-order valence-electron chi connectivity index (χ1n) is 10.6. The average molecular weight is 476 g/mol. The fourth-order valence-corrected chi connectivity index (χ4v) is 5.14. The highest BCUT2D eigenvalue weighted by molar-refractivity contribution is 7.99. The van der Waals surface area contributed by atoms with Gasteiger partial charge in [-0.25, -0.2) is 9.78 Å². The topological polar surface area (TPSA) is 82.1 Å². The molecule has 0 unspecified atom stereocenters. The number of rotatable bonds is 5. The summed E-state index contributed by atoms with van der Waals surface area (Å²) in [7, 11) is 3.05. The number of thioether (sulfide) groups is 1. The van der Waals surface area contributed by atoms with Gasteiger partial charge in [0.1, 0.15) is 0 Å². The van der Waals surface area contributed by atoms with E-state index in [4.69, 9.17) is 11.6 Å². The quantitative estimate of drug-likeness (QED) is 0.530. The van der Waals surface area contributed by atoms with E-state index in [1.807, 2.05) is 17.0 Å². The van der Waals surface area contributed by atoms with E-state index >= 15 is 0 Å². The van der Waals surface area contributed by atoms with Crippen molar-refractivity contribution < 1.29 is 4.79 Å². The molecule has 1 aliphatic rings. The molecule has 3 aromatic rings. The Morgan fingerprint density at radius 2 is 1.88 bits per heavy atom. The molecular formula is C22H26ClN5O3S. The van der Waals surface area contributed by atoms with E-state index in [1.165, 1.54) is 23.4 Å². The van der Waals surface area contributed by atoms with Crippen molar-refractivity contribution in [1.29, 1.82) is 0 Å². The first kappa shape index (κ1) is 22.7. The number of imidazole rings is 1. The SMILES string of the molecule is C[C@H]1CCCCN1C(=O)CSc1nc2c(c(=O)n(C)c(=O)n2C)n1Cc1ccc(Cl)cc1. The van der Waals surface area contributed by atoms with Gasteiger partial charge in [-0.3, -0.25) is 18.7 Å². The standard InChI is InChI=1S/C22H26ClN5O3S/c1-14-6-4-5-11-27(14)17(29)13-32-21-24-19-18(20(30)26(3)22(31)25(19)2)28(21)12-15-7-9-16(23)10-8-15/h7-10,14H,4-6,11-13H2,1-3H3/t14-/m0/s1. The third kappa shape index (κ3) is 4.23. The molecule has 0 aliphatic carbocycles. The lowest BCUT2D eigenvalue weighted by molar-refractivity contribution is -0.131. The molecule has 0 spiro atoms. The Bertz CT molecular complexity index is 1280. The van der Waals surface area contributed by atoms with Crippen molar-refractivity contribution in [2.75, 3.05) is 12.3 Å². The molecular weight excluding hydrogens is 450 g/mol. The van der Waals surface area contributed by atoms with Crippen molar-refractivity contribution in [3.8, 4) is 0 Å². The molecule has 2 aromatic heterocycles. The van der Waals surface area contributed by atoms with Gasteiger partial charge in [0.15, 0.2) is 16.3 Å². The van der Waals surface area contributed by atoms with Crippen molar-refractivity contribution in [2.45, 2.75) is 43.9 Å². The van der Waals surface area contributed by atoms with E-state index in [2.05, 4.69) is 11.9 Å². The molecule has 1 saturated heterocycles. The second kappa shape index (κ2) is 9.15. The van der Waals surface area contributed by atoms with Gasteiger partial charge in [-0.2, -0.15) is 0 Å². The maximum atomic E-state index is 13.0. The van der Waals surface area contributed by atoms with Gasteiger partial charge in [-0.1, -0.05) is 35.5 Å². The predicted octanol–water partition coefficient (Wildman–Crippen LogP) is 2.63. The largest absolute Gasteiger partial charge is 0.339 e. The number of hydrogen-bond acceptors (Lipinski definition) is 5. The number of carbonyl (C=O) groups excluding carboxylic acids is 1. The summed E-state index contributed by atoms with van der Waals surface area (Å²) in [6.45, 7) is 3.23. The Labute approximate surface area is 194 Å². The maximum absolute atomic E-state index is 13.0. The second-order valence-electron chi connectivity index (χ2n) is 8.21. The fourth-order valence-electron chi connectivity index (χ4n) is 4.13. The van der Waals surface area contributed by atoms with Gasteiger partial charge in [0.2, 0.25) is 5.91 Å². The summed E-state index contributed by atoms with van der Waals surface area (Å²) >= 11 is 7.32. The van der Waals surface area contributed by atoms with Gasteiger partial charge in [0, 0.05) is 31.7 Å². The van der Waals surface area contributed by atoms with Crippen LogP contribution in [0.15, 0.2) is 39.0 Å². The van der Waals surface area contributed by atoms with E-state index in [0.717, 1.165) is 35.9 Å². The summed E-state index contributed by atoms with van der Waals surface area (Å²) in [6.07, 6.45) is 3.18. The van der Waals surface area contributed by atoms with Crippen LogP contribution in [0.4, 0.5) is 0 Å². The van der Waals surface area contributed by atoms with Crippen LogP contribution in [-0.2, 0) is 25.4 Å². The molecule has 1 aliphatic heterocycles. The molecule has 1 fully saturated rings. The molecule has 170 valence electrons. The molecule has 1 amide bonds. The highest BCUT2D eigenvalue weighted by Gasteiger charge is 2.25. The lowest BCUT2D eigenvalue weighted by Crippen LogP contribution is -2.43. The monoisotopic (exact) mass is 475 g/mol. The Balaban J connectivity index is 1.73. The smallest absolute Gasteiger partial charge is 0.332 e. The van der Waals surface area contributed by atoms with Crippen LogP contribution in [0.5, 0.6) is 0 Å². The number of aromatic nitrogens is 4. The molecule has 0 bridgehead atoms. The number of piperidine rings is 1. The van der Waals surface area contributed by atoms with Gasteiger partial charge in [-0.15, -0.1) is 0 Å². The van der Waals surface area contributed by atoms with E-state index in [9.17, 15) is 14.4 Å². The third-order valence-corrected chi connectivity index (χ3v) is 7.23. The van der Waals surface area contributed by atoms with Crippen LogP contribution < -0.4 is 11.2 Å². The van der Waals surface area contributed by atoms with E-state index in [0.29, 0.717) is 27.9 Å². The van der Waals surface area contributed by atoms with Gasteiger partial charge in [0.25, 0.3) is 5.56 Å². The van der Waals surface area contributed by atoms with Crippen molar-refractivity contribution in [1.82, 2.24) is 23.6 Å². The molecule has 4 rings (SSSR count). The van der Waals surface area contributed by atoms with Crippen molar-refractivity contribution in [3.05, 3.63) is 55.7 Å². The number of hydrogen-bond donors (Lipinski definition) is 0. The Morgan fingerprint density at radius 3 is 2.56 bits per heavy atom. The predicted molar refractivity (Wildman–Crippen MR) is 127 cm³/mol. The first-order valence-corrected chi connectivity index (χ1v) is 12.0. The zero-order valence-corrected chi connectivity index (χ0v) is 19.9. The van der Waals surface area contributed by atoms with Gasteiger partial charge in [-0.05, 0) is 43.9 Å². The summed E-state index contributed by atoms with van der Waals surface area (Å²) in [5.74, 6) is 0.289. The molecule has 0 N–H and O–H groups in total.